The fourth-order valence-corrected chi connectivity index (χ4v) is 5.58. The molecule has 2 aromatic heterocycles. The summed E-state index contributed by atoms with van der Waals surface area (Å²) in [6, 6.07) is 13.8. The maximum atomic E-state index is 13.9. The molecule has 9 heteroatoms. The molecule has 4 aromatic rings. The van der Waals surface area contributed by atoms with E-state index in [2.05, 4.69) is 21.3 Å². The van der Waals surface area contributed by atoms with E-state index in [9.17, 15) is 19.1 Å². The molecule has 0 amide bonds. The van der Waals surface area contributed by atoms with Crippen LogP contribution in [-0.4, -0.2) is 20.6 Å². The molecule has 0 radical (unpaired) electrons. The second-order valence-corrected chi connectivity index (χ2v) is 10.6. The number of halogens is 2. The van der Waals surface area contributed by atoms with Crippen molar-refractivity contribution in [3.05, 3.63) is 97.8 Å². The van der Waals surface area contributed by atoms with E-state index in [4.69, 9.17) is 11.6 Å². The first-order valence-electron chi connectivity index (χ1n) is 12.6. The van der Waals surface area contributed by atoms with Gasteiger partial charge in [0.1, 0.15) is 16.8 Å². The molecule has 2 aliphatic rings. The lowest BCUT2D eigenvalue weighted by Gasteiger charge is -2.25. The van der Waals surface area contributed by atoms with Crippen LogP contribution in [-0.2, 0) is 13.1 Å². The SMILES string of the molecule is Cc1cc([C@@H](C)Nc2ccc(Cl)nc2C(=O)O)c2cc(N3Cc4ccc(F)cc4C3)n(C3CC3)c(=O)c2c1. The van der Waals surface area contributed by atoms with E-state index in [-0.39, 0.29) is 34.3 Å². The minimum atomic E-state index is -1.18. The Morgan fingerprint density at radius 2 is 1.87 bits per heavy atom. The highest BCUT2D eigenvalue weighted by atomic mass is 35.5. The number of aromatic nitrogens is 2. The molecule has 1 atom stereocenters. The van der Waals surface area contributed by atoms with Gasteiger partial charge in [-0.05, 0) is 90.7 Å². The Labute approximate surface area is 223 Å². The van der Waals surface area contributed by atoms with Crippen LogP contribution in [0, 0.1) is 12.7 Å². The van der Waals surface area contributed by atoms with Gasteiger partial charge in [0.25, 0.3) is 5.56 Å². The highest BCUT2D eigenvalue weighted by Crippen LogP contribution is 2.41. The van der Waals surface area contributed by atoms with Crippen LogP contribution in [0.15, 0.2) is 53.3 Å². The van der Waals surface area contributed by atoms with Crippen molar-refractivity contribution < 1.29 is 14.3 Å². The Morgan fingerprint density at radius 1 is 1.11 bits per heavy atom. The zero-order chi connectivity index (χ0) is 26.7. The van der Waals surface area contributed by atoms with Crippen LogP contribution in [0.25, 0.3) is 10.8 Å². The van der Waals surface area contributed by atoms with Crippen LogP contribution >= 0.6 is 11.6 Å². The average molecular weight is 533 g/mol. The quantitative estimate of drug-likeness (QED) is 0.286. The number of pyridine rings is 2. The molecule has 0 spiro atoms. The van der Waals surface area contributed by atoms with E-state index < -0.39 is 5.97 Å². The number of benzene rings is 2. The molecule has 1 aliphatic carbocycles. The average Bonchev–Trinajstić information content (AvgIpc) is 3.62. The van der Waals surface area contributed by atoms with Gasteiger partial charge in [-0.1, -0.05) is 23.7 Å². The van der Waals surface area contributed by atoms with E-state index in [0.29, 0.717) is 24.2 Å². The normalized spacial score (nSPS) is 15.5. The summed E-state index contributed by atoms with van der Waals surface area (Å²) in [4.78, 5) is 31.8. The molecule has 0 unspecified atom stereocenters. The number of nitrogens with one attached hydrogen (secondary N) is 1. The predicted octanol–water partition coefficient (Wildman–Crippen LogP) is 6.22. The molecule has 0 bridgehead atoms. The number of carboxylic acid groups (broad SMARTS) is 1. The van der Waals surface area contributed by atoms with Gasteiger partial charge in [-0.25, -0.2) is 14.2 Å². The van der Waals surface area contributed by atoms with Crippen LogP contribution in [0.5, 0.6) is 0 Å². The van der Waals surface area contributed by atoms with Gasteiger partial charge in [0.05, 0.1) is 5.69 Å². The first kappa shape index (κ1) is 24.4. The molecule has 2 aromatic carbocycles. The maximum absolute atomic E-state index is 13.9. The smallest absolute Gasteiger partial charge is 0.356 e. The second kappa shape index (κ2) is 9.13. The highest BCUT2D eigenvalue weighted by Gasteiger charge is 2.32. The van der Waals surface area contributed by atoms with Crippen LogP contribution in [0.2, 0.25) is 5.15 Å². The standard InChI is InChI=1S/C29H26ClFN4O3/c1-15-9-21(16(2)32-24-7-8-25(30)33-27(24)29(37)38)22-12-26(35(20-5-6-20)28(36)23(22)10-15)34-13-17-3-4-19(31)11-18(17)14-34/h3-4,7-12,16,20,32H,5-6,13-14H2,1-2H3,(H,37,38)/t16-/m1/s1. The monoisotopic (exact) mass is 532 g/mol. The second-order valence-electron chi connectivity index (χ2n) is 10.2. The summed E-state index contributed by atoms with van der Waals surface area (Å²) in [6.07, 6.45) is 1.90. The van der Waals surface area contributed by atoms with Gasteiger partial charge in [-0.3, -0.25) is 9.36 Å². The number of fused-ring (bicyclic) bond motifs is 2. The predicted molar refractivity (Wildman–Crippen MR) is 146 cm³/mol. The molecule has 3 heterocycles. The zero-order valence-corrected chi connectivity index (χ0v) is 21.7. The largest absolute Gasteiger partial charge is 0.476 e. The number of carbonyl (C=O) groups is 1. The lowest BCUT2D eigenvalue weighted by molar-refractivity contribution is 0.0691. The van der Waals surface area contributed by atoms with Gasteiger partial charge < -0.3 is 15.3 Å². The molecule has 1 saturated carbocycles. The van der Waals surface area contributed by atoms with E-state index in [1.54, 1.807) is 12.1 Å². The van der Waals surface area contributed by atoms with Crippen molar-refractivity contribution in [3.8, 4) is 0 Å². The fourth-order valence-electron chi connectivity index (χ4n) is 5.43. The molecule has 1 aliphatic heterocycles. The number of aryl methyl sites for hydroxylation is 1. The molecule has 0 saturated heterocycles. The van der Waals surface area contributed by atoms with Crippen LogP contribution < -0.4 is 15.8 Å². The third-order valence-electron chi connectivity index (χ3n) is 7.35. The van der Waals surface area contributed by atoms with Gasteiger partial charge in [-0.15, -0.1) is 0 Å². The topological polar surface area (TPSA) is 87.5 Å². The van der Waals surface area contributed by atoms with Crippen molar-refractivity contribution in [2.75, 3.05) is 10.2 Å². The lowest BCUT2D eigenvalue weighted by Crippen LogP contribution is -2.28. The van der Waals surface area contributed by atoms with E-state index in [0.717, 1.165) is 46.3 Å². The molecule has 1 fully saturated rings. The van der Waals surface area contributed by atoms with E-state index in [1.165, 1.54) is 12.1 Å². The summed E-state index contributed by atoms with van der Waals surface area (Å²) in [6.45, 7) is 5.00. The van der Waals surface area contributed by atoms with Gasteiger partial charge in [0.15, 0.2) is 5.69 Å². The fraction of sp³-hybridized carbons (Fsp3) is 0.276. The number of nitrogens with zero attached hydrogens (tertiary/aromatic N) is 3. The number of anilines is 2. The van der Waals surface area contributed by atoms with E-state index >= 15 is 0 Å². The molecule has 6 rings (SSSR count). The Morgan fingerprint density at radius 3 is 2.61 bits per heavy atom. The van der Waals surface area contributed by atoms with Gasteiger partial charge >= 0.3 is 5.97 Å². The van der Waals surface area contributed by atoms with Crippen molar-refractivity contribution in [3.63, 3.8) is 0 Å². The van der Waals surface area contributed by atoms with Crippen LogP contribution in [0.4, 0.5) is 15.9 Å². The summed E-state index contributed by atoms with van der Waals surface area (Å²) >= 11 is 5.93. The maximum Gasteiger partial charge on any atom is 0.356 e. The molecular weight excluding hydrogens is 507 g/mol. The first-order chi connectivity index (χ1) is 18.2. The van der Waals surface area contributed by atoms with Gasteiger partial charge in [0.2, 0.25) is 0 Å². The summed E-state index contributed by atoms with van der Waals surface area (Å²) in [5.41, 5.74) is 3.92. The molecular formula is C29H26ClFN4O3. The molecule has 194 valence electrons. The number of hydrogen-bond acceptors (Lipinski definition) is 5. The highest BCUT2D eigenvalue weighted by molar-refractivity contribution is 6.29. The number of aromatic carboxylic acids is 1. The third-order valence-corrected chi connectivity index (χ3v) is 7.57. The summed E-state index contributed by atoms with van der Waals surface area (Å²) < 4.78 is 15.8. The number of rotatable bonds is 6. The first-order valence-corrected chi connectivity index (χ1v) is 13.0. The van der Waals surface area contributed by atoms with Crippen molar-refractivity contribution in [1.82, 2.24) is 9.55 Å². The van der Waals surface area contributed by atoms with Crippen molar-refractivity contribution >= 4 is 39.8 Å². The Kier molecular flexibility index (Phi) is 5.87. The van der Waals surface area contributed by atoms with Crippen molar-refractivity contribution in [2.24, 2.45) is 0 Å². The summed E-state index contributed by atoms with van der Waals surface area (Å²) in [5, 5.41) is 14.4. The van der Waals surface area contributed by atoms with Crippen LogP contribution in [0.1, 0.15) is 64.6 Å². The Hall–Kier alpha value is -3.91. The van der Waals surface area contributed by atoms with E-state index in [1.807, 2.05) is 36.6 Å². The Balaban J connectivity index is 1.47. The van der Waals surface area contributed by atoms with Gasteiger partial charge in [0, 0.05) is 30.6 Å². The van der Waals surface area contributed by atoms with Crippen LogP contribution in [0.3, 0.4) is 0 Å². The molecule has 7 nitrogen and oxygen atoms in total. The minimum absolute atomic E-state index is 0.0429. The summed E-state index contributed by atoms with van der Waals surface area (Å²) in [7, 11) is 0. The van der Waals surface area contributed by atoms with Gasteiger partial charge in [-0.2, -0.15) is 0 Å². The van der Waals surface area contributed by atoms with Crippen molar-refractivity contribution in [2.45, 2.75) is 51.9 Å². The number of carboxylic acids is 1. The number of hydrogen-bond donors (Lipinski definition) is 2. The summed E-state index contributed by atoms with van der Waals surface area (Å²) in [5.74, 6) is -0.631. The Bertz CT molecular complexity index is 1680. The molecule has 2 N–H and O–H groups in total. The lowest BCUT2D eigenvalue weighted by atomic mass is 9.97. The van der Waals surface area contributed by atoms with Crippen molar-refractivity contribution in [1.29, 1.82) is 0 Å². The zero-order valence-electron chi connectivity index (χ0n) is 21.0. The minimum Gasteiger partial charge on any atom is -0.476 e. The third kappa shape index (κ3) is 4.28. The molecule has 38 heavy (non-hydrogen) atoms.